The summed E-state index contributed by atoms with van der Waals surface area (Å²) in [5.41, 5.74) is 6.12. The number of rotatable bonds is 4. The van der Waals surface area contributed by atoms with E-state index in [9.17, 15) is 22.8 Å². The van der Waals surface area contributed by atoms with Crippen molar-refractivity contribution in [1.82, 2.24) is 9.47 Å². The fourth-order valence-corrected chi connectivity index (χ4v) is 7.24. The van der Waals surface area contributed by atoms with E-state index in [1.807, 2.05) is 45.9 Å². The fourth-order valence-electron chi connectivity index (χ4n) is 7.24. The van der Waals surface area contributed by atoms with Gasteiger partial charge in [0.25, 0.3) is 11.8 Å². The van der Waals surface area contributed by atoms with Crippen LogP contribution in [0.15, 0.2) is 103 Å². The van der Waals surface area contributed by atoms with Crippen molar-refractivity contribution >= 4 is 23.2 Å². The molecular weight excluding hydrogens is 625 g/mol. The summed E-state index contributed by atoms with van der Waals surface area (Å²) < 4.78 is 43.4. The van der Waals surface area contributed by atoms with Crippen LogP contribution < -0.4 is 9.80 Å². The molecule has 1 saturated heterocycles. The molecule has 3 heterocycles. The van der Waals surface area contributed by atoms with Gasteiger partial charge in [-0.2, -0.15) is 13.2 Å². The highest BCUT2D eigenvalue weighted by Crippen LogP contribution is 2.39. The minimum Gasteiger partial charge on any atom is -0.365 e. The highest BCUT2D eigenvalue weighted by atomic mass is 19.4. The summed E-state index contributed by atoms with van der Waals surface area (Å²) in [6.45, 7) is 8.53. The number of carbonyl (C=O) groups excluding carboxylic acids is 2. The van der Waals surface area contributed by atoms with Gasteiger partial charge in [-0.05, 0) is 97.1 Å². The van der Waals surface area contributed by atoms with Crippen molar-refractivity contribution in [3.8, 4) is 11.1 Å². The number of halogens is 3. The lowest BCUT2D eigenvalue weighted by Gasteiger charge is -2.41. The van der Waals surface area contributed by atoms with E-state index in [1.54, 1.807) is 36.1 Å². The summed E-state index contributed by atoms with van der Waals surface area (Å²) in [7, 11) is 0. The molecule has 250 valence electrons. The quantitative estimate of drug-likeness (QED) is 0.194. The molecule has 0 bridgehead atoms. The van der Waals surface area contributed by atoms with Gasteiger partial charge in [0, 0.05) is 48.3 Å². The number of fused-ring (bicyclic) bond motifs is 2. The van der Waals surface area contributed by atoms with Crippen molar-refractivity contribution < 1.29 is 22.8 Å². The summed E-state index contributed by atoms with van der Waals surface area (Å²) in [6, 6.07) is 30.3. The maximum absolute atomic E-state index is 14.2. The monoisotopic (exact) mass is 662 g/mol. The third kappa shape index (κ3) is 6.09. The number of anilines is 2. The molecule has 1 fully saturated rings. The van der Waals surface area contributed by atoms with Crippen LogP contribution in [0.2, 0.25) is 0 Å². The molecule has 4 aromatic carbocycles. The number of piperazine rings is 1. The van der Waals surface area contributed by atoms with Gasteiger partial charge in [-0.1, -0.05) is 54.6 Å². The van der Waals surface area contributed by atoms with Crippen molar-refractivity contribution in [1.29, 1.82) is 0 Å². The highest BCUT2D eigenvalue weighted by Gasteiger charge is 2.34. The Labute approximate surface area is 284 Å². The number of hydrogen-bond donors (Lipinski definition) is 0. The van der Waals surface area contributed by atoms with Crippen molar-refractivity contribution in [3.63, 3.8) is 0 Å². The normalized spacial score (nSPS) is 16.2. The SMILES string of the molecule is Cc1cccc(N2CCN(C(=O)c3ccc4n3Cc3ccccc3N(C(=O)c3ccc(-c5ccccc5C(F)(F)F)c(C)c3)C4)CC2C)c1. The zero-order valence-electron chi connectivity index (χ0n) is 27.7. The predicted molar refractivity (Wildman–Crippen MR) is 186 cm³/mol. The summed E-state index contributed by atoms with van der Waals surface area (Å²) >= 11 is 0. The van der Waals surface area contributed by atoms with Gasteiger partial charge < -0.3 is 19.3 Å². The zero-order valence-corrected chi connectivity index (χ0v) is 27.7. The fraction of sp³-hybridized carbons (Fsp3) is 0.250. The van der Waals surface area contributed by atoms with Crippen LogP contribution in [0, 0.1) is 13.8 Å². The van der Waals surface area contributed by atoms with Gasteiger partial charge in [-0.3, -0.25) is 9.59 Å². The topological polar surface area (TPSA) is 48.8 Å². The van der Waals surface area contributed by atoms with Crippen molar-refractivity contribution in [2.75, 3.05) is 29.4 Å². The Bertz CT molecular complexity index is 2070. The summed E-state index contributed by atoms with van der Waals surface area (Å²) in [5.74, 6) is -0.306. The molecule has 9 heteroatoms. The van der Waals surface area contributed by atoms with E-state index < -0.39 is 11.7 Å². The predicted octanol–water partition coefficient (Wildman–Crippen LogP) is 8.35. The second-order valence-electron chi connectivity index (χ2n) is 13.0. The Kier molecular flexibility index (Phi) is 8.30. The van der Waals surface area contributed by atoms with Gasteiger partial charge >= 0.3 is 6.18 Å². The maximum atomic E-state index is 14.2. The minimum absolute atomic E-state index is 0.0374. The Morgan fingerprint density at radius 2 is 1.53 bits per heavy atom. The lowest BCUT2D eigenvalue weighted by molar-refractivity contribution is -0.137. The molecular formula is C40H37F3N4O2. The number of benzene rings is 4. The van der Waals surface area contributed by atoms with Gasteiger partial charge in [0.05, 0.1) is 18.7 Å². The third-order valence-electron chi connectivity index (χ3n) is 9.71. The van der Waals surface area contributed by atoms with Crippen LogP contribution in [0.3, 0.4) is 0 Å². The summed E-state index contributed by atoms with van der Waals surface area (Å²) in [6.07, 6.45) is -4.50. The maximum Gasteiger partial charge on any atom is 0.417 e. The number of para-hydroxylation sites is 1. The van der Waals surface area contributed by atoms with Crippen LogP contribution in [-0.4, -0.2) is 47.0 Å². The molecule has 0 spiro atoms. The first kappa shape index (κ1) is 32.2. The average Bonchev–Trinajstić information content (AvgIpc) is 3.39. The summed E-state index contributed by atoms with van der Waals surface area (Å²) in [4.78, 5) is 34.2. The minimum atomic E-state index is -4.50. The number of aromatic nitrogens is 1. The second-order valence-corrected chi connectivity index (χ2v) is 13.0. The molecule has 1 atom stereocenters. The molecule has 2 aliphatic heterocycles. The Hall–Kier alpha value is -5.31. The molecule has 5 aromatic rings. The Morgan fingerprint density at radius 3 is 2.29 bits per heavy atom. The zero-order chi connectivity index (χ0) is 34.4. The third-order valence-corrected chi connectivity index (χ3v) is 9.71. The van der Waals surface area contributed by atoms with Gasteiger partial charge in [0.2, 0.25) is 0 Å². The van der Waals surface area contributed by atoms with Gasteiger partial charge in [0.1, 0.15) is 5.69 Å². The average molecular weight is 663 g/mol. The van der Waals surface area contributed by atoms with Crippen molar-refractivity contribution in [3.05, 3.63) is 142 Å². The van der Waals surface area contributed by atoms with E-state index in [-0.39, 0.29) is 30.0 Å². The van der Waals surface area contributed by atoms with E-state index in [0.29, 0.717) is 42.0 Å². The smallest absolute Gasteiger partial charge is 0.365 e. The van der Waals surface area contributed by atoms with E-state index in [4.69, 9.17) is 0 Å². The standard InChI is InChI=1S/C40H37F3N4O2/c1-26-9-8-11-31(21-26)45-20-19-44(23-28(45)3)39(49)37-18-16-32-25-47(36-14-7-4-10-30(36)24-46(32)37)38(48)29-15-17-33(27(2)22-29)34-12-5-6-13-35(34)40(41,42)43/h4-18,21-22,28H,19-20,23-25H2,1-3H3. The number of nitrogens with zero attached hydrogens (tertiary/aromatic N) is 4. The van der Waals surface area contributed by atoms with E-state index >= 15 is 0 Å². The number of carbonyl (C=O) groups is 2. The van der Waals surface area contributed by atoms with E-state index in [0.717, 1.165) is 35.2 Å². The number of alkyl halides is 3. The van der Waals surface area contributed by atoms with E-state index in [2.05, 4.69) is 43.0 Å². The van der Waals surface area contributed by atoms with Crippen LogP contribution in [0.25, 0.3) is 11.1 Å². The highest BCUT2D eigenvalue weighted by molar-refractivity contribution is 6.07. The van der Waals surface area contributed by atoms with Crippen molar-refractivity contribution in [2.24, 2.45) is 0 Å². The Balaban J connectivity index is 1.16. The molecule has 2 aliphatic rings. The van der Waals surface area contributed by atoms with Crippen LogP contribution in [-0.2, 0) is 19.3 Å². The van der Waals surface area contributed by atoms with Crippen LogP contribution in [0.1, 0.15) is 55.7 Å². The lowest BCUT2D eigenvalue weighted by Crippen LogP contribution is -2.54. The van der Waals surface area contributed by atoms with Crippen LogP contribution >= 0.6 is 0 Å². The molecule has 1 aromatic heterocycles. The molecule has 0 radical (unpaired) electrons. The Morgan fingerprint density at radius 1 is 0.755 bits per heavy atom. The molecule has 0 saturated carbocycles. The van der Waals surface area contributed by atoms with Crippen LogP contribution in [0.5, 0.6) is 0 Å². The number of aryl methyl sites for hydroxylation is 2. The molecule has 1 unspecified atom stereocenters. The van der Waals surface area contributed by atoms with Gasteiger partial charge in [-0.15, -0.1) is 0 Å². The van der Waals surface area contributed by atoms with Crippen LogP contribution in [0.4, 0.5) is 24.5 Å². The lowest BCUT2D eigenvalue weighted by atomic mass is 9.94. The first-order chi connectivity index (χ1) is 23.5. The molecule has 0 aliphatic carbocycles. The first-order valence-electron chi connectivity index (χ1n) is 16.5. The van der Waals surface area contributed by atoms with E-state index in [1.165, 1.54) is 17.7 Å². The first-order valence-corrected chi connectivity index (χ1v) is 16.5. The van der Waals surface area contributed by atoms with Crippen molar-refractivity contribution in [2.45, 2.75) is 46.1 Å². The van der Waals surface area contributed by atoms with Gasteiger partial charge in [-0.25, -0.2) is 0 Å². The number of amides is 2. The molecule has 0 N–H and O–H groups in total. The summed E-state index contributed by atoms with van der Waals surface area (Å²) in [5, 5.41) is 0. The number of hydrogen-bond acceptors (Lipinski definition) is 3. The molecule has 49 heavy (non-hydrogen) atoms. The molecule has 7 rings (SSSR count). The second kappa shape index (κ2) is 12.6. The van der Waals surface area contributed by atoms with Gasteiger partial charge in [0.15, 0.2) is 0 Å². The molecule has 6 nitrogen and oxygen atoms in total. The largest absolute Gasteiger partial charge is 0.417 e. The molecule has 2 amide bonds.